The molecule has 0 saturated heterocycles. The fourth-order valence-corrected chi connectivity index (χ4v) is 2.14. The molecule has 1 aliphatic rings. The van der Waals surface area contributed by atoms with E-state index in [0.717, 1.165) is 12.1 Å². The van der Waals surface area contributed by atoms with Gasteiger partial charge in [0.1, 0.15) is 11.5 Å². The molecular formula is C20H23F2N3O3. The van der Waals surface area contributed by atoms with Crippen molar-refractivity contribution in [2.24, 2.45) is 4.99 Å². The molecule has 0 aromatic heterocycles. The monoisotopic (exact) mass is 391 g/mol. The number of aliphatic imine (C=N–C) groups is 1. The van der Waals surface area contributed by atoms with Crippen LogP contribution in [-0.4, -0.2) is 28.4 Å². The summed E-state index contributed by atoms with van der Waals surface area (Å²) in [6.45, 7) is 10.2. The van der Waals surface area contributed by atoms with E-state index in [-0.39, 0.29) is 22.9 Å². The van der Waals surface area contributed by atoms with Gasteiger partial charge in [-0.2, -0.15) is 0 Å². The first kappa shape index (κ1) is 21.3. The van der Waals surface area contributed by atoms with Crippen LogP contribution in [0.25, 0.3) is 0 Å². The summed E-state index contributed by atoms with van der Waals surface area (Å²) in [5.41, 5.74) is -0.378. The molecule has 3 N–H and O–H groups in total. The molecule has 8 heteroatoms. The number of carbonyl (C=O) groups is 1. The van der Waals surface area contributed by atoms with Gasteiger partial charge in [0.25, 0.3) is 5.91 Å². The van der Waals surface area contributed by atoms with Crippen LogP contribution in [0.2, 0.25) is 0 Å². The van der Waals surface area contributed by atoms with Gasteiger partial charge in [-0.05, 0) is 45.9 Å². The van der Waals surface area contributed by atoms with E-state index in [2.05, 4.69) is 22.2 Å². The van der Waals surface area contributed by atoms with Crippen molar-refractivity contribution in [3.63, 3.8) is 0 Å². The van der Waals surface area contributed by atoms with E-state index in [9.17, 15) is 18.7 Å². The second-order valence-electron chi connectivity index (χ2n) is 6.79. The van der Waals surface area contributed by atoms with E-state index >= 15 is 0 Å². The first-order valence-corrected chi connectivity index (χ1v) is 8.60. The number of hydrogen-bond donors (Lipinski definition) is 3. The summed E-state index contributed by atoms with van der Waals surface area (Å²) >= 11 is 0. The fourth-order valence-electron chi connectivity index (χ4n) is 2.14. The number of allylic oxidation sites excluding steroid dienone is 2. The maximum absolute atomic E-state index is 13.8. The molecule has 1 aliphatic heterocycles. The highest BCUT2D eigenvalue weighted by molar-refractivity contribution is 6.29. The molecule has 28 heavy (non-hydrogen) atoms. The van der Waals surface area contributed by atoms with Crippen LogP contribution in [0.5, 0.6) is 5.75 Å². The Morgan fingerprint density at radius 3 is 2.68 bits per heavy atom. The van der Waals surface area contributed by atoms with Crippen LogP contribution in [0, 0.1) is 11.6 Å². The quantitative estimate of drug-likeness (QED) is 0.651. The lowest BCUT2D eigenvalue weighted by atomic mass is 10.00. The molecular weight excluding hydrogens is 368 g/mol. The van der Waals surface area contributed by atoms with Gasteiger partial charge in [0, 0.05) is 12.3 Å². The van der Waals surface area contributed by atoms with Gasteiger partial charge in [-0.25, -0.2) is 13.8 Å². The number of benzene rings is 1. The number of amides is 1. The van der Waals surface area contributed by atoms with Gasteiger partial charge < -0.3 is 20.5 Å². The molecule has 1 aromatic carbocycles. The Labute approximate surface area is 162 Å². The highest BCUT2D eigenvalue weighted by atomic mass is 19.1. The molecule has 0 saturated carbocycles. The average molecular weight is 391 g/mol. The van der Waals surface area contributed by atoms with Crippen molar-refractivity contribution in [2.45, 2.75) is 39.3 Å². The number of nitrogens with zero attached hydrogens (tertiary/aromatic N) is 1. The number of ether oxygens (including phenoxy) is 1. The van der Waals surface area contributed by atoms with Crippen molar-refractivity contribution in [1.82, 2.24) is 10.6 Å². The van der Waals surface area contributed by atoms with E-state index in [1.807, 2.05) is 0 Å². The number of aliphatic hydroxyl groups is 1. The molecule has 1 heterocycles. The van der Waals surface area contributed by atoms with E-state index < -0.39 is 29.2 Å². The number of hydrogen-bond acceptors (Lipinski definition) is 5. The molecule has 0 fully saturated rings. The number of halogens is 2. The third kappa shape index (κ3) is 5.04. The topological polar surface area (TPSA) is 83.0 Å². The van der Waals surface area contributed by atoms with Crippen LogP contribution in [0.1, 0.15) is 27.7 Å². The number of rotatable bonds is 6. The van der Waals surface area contributed by atoms with Crippen molar-refractivity contribution < 1.29 is 23.4 Å². The lowest BCUT2D eigenvalue weighted by Crippen LogP contribution is -2.48. The van der Waals surface area contributed by atoms with Crippen LogP contribution in [0.3, 0.4) is 0 Å². The van der Waals surface area contributed by atoms with E-state index in [0.29, 0.717) is 11.8 Å². The highest BCUT2D eigenvalue weighted by Gasteiger charge is 2.29. The maximum atomic E-state index is 13.8. The third-order valence-corrected chi connectivity index (χ3v) is 4.16. The Kier molecular flexibility index (Phi) is 6.35. The van der Waals surface area contributed by atoms with Gasteiger partial charge in [-0.1, -0.05) is 6.58 Å². The second-order valence-corrected chi connectivity index (χ2v) is 6.79. The summed E-state index contributed by atoms with van der Waals surface area (Å²) in [6.07, 6.45) is 2.90. The summed E-state index contributed by atoms with van der Waals surface area (Å²) in [5.74, 6) is -2.28. The predicted molar refractivity (Wildman–Crippen MR) is 102 cm³/mol. The summed E-state index contributed by atoms with van der Waals surface area (Å²) in [5, 5.41) is 15.5. The van der Waals surface area contributed by atoms with Gasteiger partial charge in [0.2, 0.25) is 5.88 Å². The molecule has 150 valence electrons. The normalized spacial score (nSPS) is 17.2. The van der Waals surface area contributed by atoms with Gasteiger partial charge in [-0.3, -0.25) is 4.79 Å². The Morgan fingerprint density at radius 1 is 1.43 bits per heavy atom. The standard InChI is InChI=1S/C20H23F2N3O3/c1-6-17(28-16-8-7-13(21)9-15(16)22)25-18-11(2)23-10-14(18)19(26)24-12(3)20(4,5)27/h6-10,12,23,27H,2H2,1,3-5H3,(H,24,26)/b17-6+,25-18+/t12-/m0/s1. The molecule has 0 radical (unpaired) electrons. The zero-order valence-electron chi connectivity index (χ0n) is 16.1. The predicted octanol–water partition coefficient (Wildman–Crippen LogP) is 2.92. The van der Waals surface area contributed by atoms with E-state index in [4.69, 9.17) is 4.74 Å². The first-order chi connectivity index (χ1) is 13.0. The van der Waals surface area contributed by atoms with Crippen LogP contribution in [0.4, 0.5) is 8.78 Å². The summed E-state index contributed by atoms with van der Waals surface area (Å²) in [7, 11) is 0. The Balaban J connectivity index is 2.24. The maximum Gasteiger partial charge on any atom is 0.255 e. The third-order valence-electron chi connectivity index (χ3n) is 4.16. The van der Waals surface area contributed by atoms with Gasteiger partial charge in [0.05, 0.1) is 22.9 Å². The zero-order valence-corrected chi connectivity index (χ0v) is 16.1. The number of nitrogens with one attached hydrogen (secondary N) is 2. The molecule has 2 rings (SSSR count). The van der Waals surface area contributed by atoms with Crippen LogP contribution in [-0.2, 0) is 4.79 Å². The summed E-state index contributed by atoms with van der Waals surface area (Å²) in [6, 6.07) is 2.38. The summed E-state index contributed by atoms with van der Waals surface area (Å²) in [4.78, 5) is 16.8. The van der Waals surface area contributed by atoms with E-state index in [1.165, 1.54) is 12.3 Å². The largest absolute Gasteiger partial charge is 0.436 e. The fraction of sp³-hybridized carbons (Fsp3) is 0.300. The van der Waals surface area contributed by atoms with Gasteiger partial charge in [0.15, 0.2) is 11.6 Å². The molecule has 1 aromatic rings. The van der Waals surface area contributed by atoms with Crippen molar-refractivity contribution in [1.29, 1.82) is 0 Å². The minimum absolute atomic E-state index is 0.000375. The Bertz CT molecular complexity index is 883. The first-order valence-electron chi connectivity index (χ1n) is 8.60. The average Bonchev–Trinajstić information content (AvgIpc) is 2.96. The van der Waals surface area contributed by atoms with Crippen molar-refractivity contribution in [2.75, 3.05) is 0 Å². The number of carbonyl (C=O) groups excluding carboxylic acids is 1. The van der Waals surface area contributed by atoms with Crippen LogP contribution in [0.15, 0.2) is 59.2 Å². The smallest absolute Gasteiger partial charge is 0.255 e. The van der Waals surface area contributed by atoms with Crippen LogP contribution < -0.4 is 15.4 Å². The molecule has 6 nitrogen and oxygen atoms in total. The van der Waals surface area contributed by atoms with Gasteiger partial charge >= 0.3 is 0 Å². The lowest BCUT2D eigenvalue weighted by Gasteiger charge is -2.26. The molecule has 0 unspecified atom stereocenters. The molecule has 0 aliphatic carbocycles. The molecule has 1 atom stereocenters. The minimum atomic E-state index is -1.12. The lowest BCUT2D eigenvalue weighted by molar-refractivity contribution is -0.119. The highest BCUT2D eigenvalue weighted by Crippen LogP contribution is 2.22. The SMILES string of the molecule is C=C1NC=C(C(=O)N[C@@H](C)C(C)(C)O)/C1=N/C(=C\C)Oc1ccc(F)cc1F. The molecule has 0 spiro atoms. The van der Waals surface area contributed by atoms with E-state index in [1.54, 1.807) is 27.7 Å². The summed E-state index contributed by atoms with van der Waals surface area (Å²) < 4.78 is 32.3. The molecule has 1 amide bonds. The second kappa shape index (κ2) is 8.35. The van der Waals surface area contributed by atoms with Crippen LogP contribution >= 0.6 is 0 Å². The van der Waals surface area contributed by atoms with Crippen molar-refractivity contribution in [3.8, 4) is 5.75 Å². The zero-order chi connectivity index (χ0) is 21.1. The Hall–Kier alpha value is -3.00. The van der Waals surface area contributed by atoms with Crippen molar-refractivity contribution >= 4 is 11.6 Å². The van der Waals surface area contributed by atoms with Gasteiger partial charge in [-0.15, -0.1) is 0 Å². The minimum Gasteiger partial charge on any atom is -0.436 e. The Morgan fingerprint density at radius 2 is 2.11 bits per heavy atom. The van der Waals surface area contributed by atoms with Crippen molar-refractivity contribution in [3.05, 3.63) is 65.8 Å². The molecule has 0 bridgehead atoms.